The summed E-state index contributed by atoms with van der Waals surface area (Å²) in [7, 11) is 0. The van der Waals surface area contributed by atoms with E-state index in [0.717, 1.165) is 18.5 Å². The molecule has 1 fully saturated rings. The van der Waals surface area contributed by atoms with Crippen LogP contribution in [0.25, 0.3) is 0 Å². The lowest BCUT2D eigenvalue weighted by atomic mass is 9.83. The minimum absolute atomic E-state index is 0.228. The van der Waals surface area contributed by atoms with E-state index in [0.29, 0.717) is 25.2 Å². The predicted molar refractivity (Wildman–Crippen MR) is 84.7 cm³/mol. The van der Waals surface area contributed by atoms with Crippen LogP contribution >= 0.6 is 0 Å². The Morgan fingerprint density at radius 2 is 2.14 bits per heavy atom. The predicted octanol–water partition coefficient (Wildman–Crippen LogP) is 2.25. The molecule has 1 atom stereocenters. The molecule has 5 heteroatoms. The van der Waals surface area contributed by atoms with Gasteiger partial charge in [0.2, 0.25) is 0 Å². The summed E-state index contributed by atoms with van der Waals surface area (Å²) in [5.74, 6) is -0.245. The van der Waals surface area contributed by atoms with Gasteiger partial charge >= 0.3 is 0 Å². The molecule has 1 aliphatic rings. The molecule has 0 aliphatic carbocycles. The van der Waals surface area contributed by atoms with Crippen molar-refractivity contribution in [1.29, 1.82) is 5.26 Å². The van der Waals surface area contributed by atoms with Crippen molar-refractivity contribution >= 4 is 5.91 Å². The highest BCUT2D eigenvalue weighted by Gasteiger charge is 2.34. The van der Waals surface area contributed by atoms with Gasteiger partial charge in [0.1, 0.15) is 5.56 Å². The Morgan fingerprint density at radius 3 is 2.73 bits per heavy atom. The van der Waals surface area contributed by atoms with E-state index in [1.54, 1.807) is 16.4 Å². The van der Waals surface area contributed by atoms with Gasteiger partial charge < -0.3 is 9.47 Å². The number of pyridine rings is 1. The molecular formula is C17H23N3O2. The molecular weight excluding hydrogens is 278 g/mol. The average Bonchev–Trinajstić information content (AvgIpc) is 2.47. The summed E-state index contributed by atoms with van der Waals surface area (Å²) in [5, 5.41) is 9.29. The highest BCUT2D eigenvalue weighted by molar-refractivity contribution is 5.95. The van der Waals surface area contributed by atoms with Crippen molar-refractivity contribution in [3.05, 3.63) is 33.2 Å². The van der Waals surface area contributed by atoms with Crippen molar-refractivity contribution in [3.63, 3.8) is 0 Å². The number of hydrogen-bond donors (Lipinski definition) is 0. The Labute approximate surface area is 131 Å². The number of rotatable bonds is 2. The first kappa shape index (κ1) is 16.3. The van der Waals surface area contributed by atoms with Crippen molar-refractivity contribution in [2.75, 3.05) is 13.1 Å². The lowest BCUT2D eigenvalue weighted by Crippen LogP contribution is -2.46. The van der Waals surface area contributed by atoms with E-state index in [1.165, 1.54) is 0 Å². The number of nitrogens with zero attached hydrogens (tertiary/aromatic N) is 3. The Kier molecular flexibility index (Phi) is 4.41. The second-order valence-corrected chi connectivity index (χ2v) is 6.40. The minimum atomic E-state index is -0.518. The first-order valence-corrected chi connectivity index (χ1v) is 7.74. The van der Waals surface area contributed by atoms with Crippen LogP contribution in [0, 0.1) is 30.6 Å². The Hall–Kier alpha value is -2.09. The number of aryl methyl sites for hydroxylation is 2. The van der Waals surface area contributed by atoms with E-state index < -0.39 is 5.41 Å². The van der Waals surface area contributed by atoms with Crippen LogP contribution in [0.1, 0.15) is 48.3 Å². The summed E-state index contributed by atoms with van der Waals surface area (Å²) in [6.07, 6.45) is 1.59. The van der Waals surface area contributed by atoms with Gasteiger partial charge in [-0.3, -0.25) is 9.59 Å². The van der Waals surface area contributed by atoms with E-state index in [-0.39, 0.29) is 17.0 Å². The molecule has 1 amide bonds. The molecule has 5 nitrogen and oxygen atoms in total. The molecule has 0 radical (unpaired) electrons. The molecule has 1 aromatic heterocycles. The van der Waals surface area contributed by atoms with E-state index in [1.807, 2.05) is 26.8 Å². The first-order valence-electron chi connectivity index (χ1n) is 7.74. The molecule has 22 heavy (non-hydrogen) atoms. The maximum absolute atomic E-state index is 12.8. The maximum atomic E-state index is 12.8. The number of hydrogen-bond acceptors (Lipinski definition) is 3. The summed E-state index contributed by atoms with van der Waals surface area (Å²) in [6, 6.07) is 4.18. The third kappa shape index (κ3) is 2.78. The fraction of sp³-hybridized carbons (Fsp3) is 0.588. The van der Waals surface area contributed by atoms with Crippen LogP contribution in [-0.4, -0.2) is 28.5 Å². The first-order chi connectivity index (χ1) is 10.3. The normalized spacial score (nSPS) is 21.5. The van der Waals surface area contributed by atoms with Gasteiger partial charge in [-0.05, 0) is 52.2 Å². The highest BCUT2D eigenvalue weighted by atomic mass is 16.2. The minimum Gasteiger partial charge on any atom is -0.337 e. The van der Waals surface area contributed by atoms with Gasteiger partial charge in [-0.1, -0.05) is 0 Å². The number of carbonyl (C=O) groups is 1. The molecule has 0 bridgehead atoms. The van der Waals surface area contributed by atoms with Gasteiger partial charge in [0, 0.05) is 25.3 Å². The van der Waals surface area contributed by atoms with Crippen LogP contribution in [0.15, 0.2) is 10.9 Å². The zero-order chi connectivity index (χ0) is 16.5. The zero-order valence-electron chi connectivity index (χ0n) is 13.8. The summed E-state index contributed by atoms with van der Waals surface area (Å²) < 4.78 is 1.62. The second-order valence-electron chi connectivity index (χ2n) is 6.40. The van der Waals surface area contributed by atoms with Crippen LogP contribution in [0.3, 0.4) is 0 Å². The number of likely N-dealkylation sites (tertiary alicyclic amines) is 1. The van der Waals surface area contributed by atoms with Gasteiger partial charge in [0.15, 0.2) is 0 Å². The fourth-order valence-corrected chi connectivity index (χ4v) is 3.24. The van der Waals surface area contributed by atoms with Gasteiger partial charge in [0.25, 0.3) is 11.5 Å². The van der Waals surface area contributed by atoms with Gasteiger partial charge in [-0.2, -0.15) is 5.26 Å². The number of piperidine rings is 1. The number of aromatic nitrogens is 1. The molecule has 0 aromatic carbocycles. The van der Waals surface area contributed by atoms with E-state index >= 15 is 0 Å². The summed E-state index contributed by atoms with van der Waals surface area (Å²) >= 11 is 0. The van der Waals surface area contributed by atoms with Crippen molar-refractivity contribution in [1.82, 2.24) is 9.47 Å². The molecule has 118 valence electrons. The molecule has 2 heterocycles. The number of carbonyl (C=O) groups excluding carboxylic acids is 1. The Balaban J connectivity index is 2.43. The summed E-state index contributed by atoms with van der Waals surface area (Å²) in [5.41, 5.74) is 1.07. The molecule has 1 aromatic rings. The SMILES string of the molecule is CCn1c(C)cc(C)c(C(=O)N2CCC[C@@](C)(C#N)C2)c1=O. The molecule has 2 rings (SSSR count). The number of amides is 1. The van der Waals surface area contributed by atoms with Crippen molar-refractivity contribution in [2.24, 2.45) is 5.41 Å². The van der Waals surface area contributed by atoms with Gasteiger partial charge in [-0.15, -0.1) is 0 Å². The average molecular weight is 301 g/mol. The molecule has 1 aliphatic heterocycles. The molecule has 0 saturated carbocycles. The van der Waals surface area contributed by atoms with Crippen LogP contribution in [-0.2, 0) is 6.54 Å². The monoisotopic (exact) mass is 301 g/mol. The quantitative estimate of drug-likeness (QED) is 0.841. The van der Waals surface area contributed by atoms with Crippen LogP contribution in [0.4, 0.5) is 0 Å². The van der Waals surface area contributed by atoms with Gasteiger partial charge in [0.05, 0.1) is 11.5 Å². The van der Waals surface area contributed by atoms with Crippen LogP contribution in [0.2, 0.25) is 0 Å². The van der Waals surface area contributed by atoms with Crippen molar-refractivity contribution in [3.8, 4) is 6.07 Å². The van der Waals surface area contributed by atoms with Crippen LogP contribution in [0.5, 0.6) is 0 Å². The molecule has 0 N–H and O–H groups in total. The van der Waals surface area contributed by atoms with E-state index in [2.05, 4.69) is 6.07 Å². The largest absolute Gasteiger partial charge is 0.337 e. The zero-order valence-corrected chi connectivity index (χ0v) is 13.8. The van der Waals surface area contributed by atoms with Gasteiger partial charge in [-0.25, -0.2) is 0 Å². The third-order valence-corrected chi connectivity index (χ3v) is 4.49. The Bertz CT molecular complexity index is 699. The highest BCUT2D eigenvalue weighted by Crippen LogP contribution is 2.29. The summed E-state index contributed by atoms with van der Waals surface area (Å²) in [6.45, 7) is 8.98. The standard InChI is InChI=1S/C17H23N3O2/c1-5-20-13(3)9-12(2)14(16(20)22)15(21)19-8-6-7-17(4,10-18)11-19/h9H,5-8,11H2,1-4H3/t17-/m0/s1. The van der Waals surface area contributed by atoms with Crippen molar-refractivity contribution < 1.29 is 4.79 Å². The molecule has 0 spiro atoms. The van der Waals surface area contributed by atoms with E-state index in [9.17, 15) is 14.9 Å². The van der Waals surface area contributed by atoms with Crippen molar-refractivity contribution in [2.45, 2.75) is 47.1 Å². The lowest BCUT2D eigenvalue weighted by molar-refractivity contribution is 0.0626. The van der Waals surface area contributed by atoms with E-state index in [4.69, 9.17) is 0 Å². The summed E-state index contributed by atoms with van der Waals surface area (Å²) in [4.78, 5) is 27.1. The third-order valence-electron chi connectivity index (χ3n) is 4.49. The number of nitriles is 1. The lowest BCUT2D eigenvalue weighted by Gasteiger charge is -2.36. The molecule has 1 saturated heterocycles. The fourth-order valence-electron chi connectivity index (χ4n) is 3.24. The smallest absolute Gasteiger partial charge is 0.263 e. The molecule has 0 unspecified atom stereocenters. The van der Waals surface area contributed by atoms with Crippen LogP contribution < -0.4 is 5.56 Å². The Morgan fingerprint density at radius 1 is 1.45 bits per heavy atom. The second kappa shape index (κ2) is 5.96. The maximum Gasteiger partial charge on any atom is 0.263 e. The topological polar surface area (TPSA) is 66.1 Å².